The number of benzene rings is 3. The number of fused-ring (bicyclic) bond motifs is 2. The van der Waals surface area contributed by atoms with Gasteiger partial charge in [-0.3, -0.25) is 9.78 Å². The Balaban J connectivity index is 1.30. The van der Waals surface area contributed by atoms with Crippen molar-refractivity contribution in [3.63, 3.8) is 0 Å². The molecular weight excluding hydrogens is 466 g/mol. The smallest absolute Gasteiger partial charge is 0.254 e. The summed E-state index contributed by atoms with van der Waals surface area (Å²) in [5.41, 5.74) is 9.74. The maximum absolute atomic E-state index is 13.1. The Morgan fingerprint density at radius 3 is 2.53 bits per heavy atom. The van der Waals surface area contributed by atoms with Crippen molar-refractivity contribution < 1.29 is 4.79 Å². The Kier molecular flexibility index (Phi) is 5.87. The first kappa shape index (κ1) is 22.6. The number of carbonyl (C=O) groups is 1. The summed E-state index contributed by atoms with van der Waals surface area (Å²) in [7, 11) is 2.10. The fraction of sp³-hybridized carbons (Fsp3) is 0.207. The molecule has 6 rings (SSSR count). The molecule has 180 valence electrons. The average Bonchev–Trinajstić information content (AvgIpc) is 3.37. The maximum atomic E-state index is 13.1. The van der Waals surface area contributed by atoms with Gasteiger partial charge in [-0.05, 0) is 73.1 Å². The number of anilines is 2. The van der Waals surface area contributed by atoms with Crippen LogP contribution < -0.4 is 5.32 Å². The van der Waals surface area contributed by atoms with Gasteiger partial charge in [0.2, 0.25) is 0 Å². The fourth-order valence-electron chi connectivity index (χ4n) is 4.79. The summed E-state index contributed by atoms with van der Waals surface area (Å²) in [5, 5.41) is 4.60. The number of piperazine rings is 1. The molecular formula is C29H27N5OS. The number of aryl methyl sites for hydroxylation is 1. The molecule has 0 atom stereocenters. The summed E-state index contributed by atoms with van der Waals surface area (Å²) in [4.78, 5) is 26.3. The summed E-state index contributed by atoms with van der Waals surface area (Å²) in [6.07, 6.45) is 1.83. The predicted octanol–water partition coefficient (Wildman–Crippen LogP) is 5.95. The van der Waals surface area contributed by atoms with E-state index in [1.54, 1.807) is 11.3 Å². The van der Waals surface area contributed by atoms with Gasteiger partial charge < -0.3 is 15.1 Å². The number of thiazole rings is 1. The van der Waals surface area contributed by atoms with Crippen molar-refractivity contribution in [3.8, 4) is 11.1 Å². The predicted molar refractivity (Wildman–Crippen MR) is 148 cm³/mol. The lowest BCUT2D eigenvalue weighted by Gasteiger charge is -2.32. The average molecular weight is 494 g/mol. The largest absolute Gasteiger partial charge is 0.355 e. The highest BCUT2D eigenvalue weighted by molar-refractivity contribution is 7.16. The first-order chi connectivity index (χ1) is 17.5. The first-order valence-electron chi connectivity index (χ1n) is 12.1. The summed E-state index contributed by atoms with van der Waals surface area (Å²) in [6, 6.07) is 20.7. The third kappa shape index (κ3) is 4.32. The van der Waals surface area contributed by atoms with Crippen LogP contribution in [0.3, 0.4) is 0 Å². The van der Waals surface area contributed by atoms with E-state index in [9.17, 15) is 4.79 Å². The second-order valence-electron chi connectivity index (χ2n) is 9.38. The second kappa shape index (κ2) is 9.33. The lowest BCUT2D eigenvalue weighted by Crippen LogP contribution is -2.47. The molecule has 1 fully saturated rings. The molecule has 36 heavy (non-hydrogen) atoms. The Morgan fingerprint density at radius 2 is 1.69 bits per heavy atom. The zero-order valence-electron chi connectivity index (χ0n) is 20.4. The van der Waals surface area contributed by atoms with E-state index in [0.717, 1.165) is 76.2 Å². The van der Waals surface area contributed by atoms with Crippen molar-refractivity contribution in [2.75, 3.05) is 38.5 Å². The zero-order chi connectivity index (χ0) is 24.6. The van der Waals surface area contributed by atoms with E-state index in [-0.39, 0.29) is 5.91 Å². The van der Waals surface area contributed by atoms with Gasteiger partial charge in [0.1, 0.15) is 0 Å². The summed E-state index contributed by atoms with van der Waals surface area (Å²) >= 11 is 1.64. The van der Waals surface area contributed by atoms with Crippen LogP contribution in [0.2, 0.25) is 0 Å². The number of nitrogens with zero attached hydrogens (tertiary/aromatic N) is 4. The quantitative estimate of drug-likeness (QED) is 0.335. The molecule has 6 nitrogen and oxygen atoms in total. The Bertz CT molecular complexity index is 1590. The Hall–Kier alpha value is -3.81. The molecule has 1 aliphatic heterocycles. The molecule has 0 saturated carbocycles. The van der Waals surface area contributed by atoms with Crippen LogP contribution in [-0.2, 0) is 0 Å². The van der Waals surface area contributed by atoms with E-state index in [4.69, 9.17) is 0 Å². The number of amides is 1. The molecule has 5 aromatic rings. The van der Waals surface area contributed by atoms with Gasteiger partial charge in [0, 0.05) is 54.7 Å². The molecule has 0 unspecified atom stereocenters. The molecule has 0 spiro atoms. The van der Waals surface area contributed by atoms with E-state index in [1.165, 1.54) is 4.70 Å². The van der Waals surface area contributed by atoms with Crippen molar-refractivity contribution in [2.45, 2.75) is 6.92 Å². The number of hydrogen-bond donors (Lipinski definition) is 1. The van der Waals surface area contributed by atoms with Crippen LogP contribution in [0.25, 0.3) is 32.2 Å². The second-order valence-corrected chi connectivity index (χ2v) is 10.3. The molecule has 1 aliphatic rings. The van der Waals surface area contributed by atoms with Crippen LogP contribution in [-0.4, -0.2) is 58.9 Å². The van der Waals surface area contributed by atoms with Crippen LogP contribution in [0.5, 0.6) is 0 Å². The number of hydrogen-bond acceptors (Lipinski definition) is 6. The van der Waals surface area contributed by atoms with Crippen LogP contribution in [0.4, 0.5) is 11.4 Å². The van der Waals surface area contributed by atoms with Crippen molar-refractivity contribution in [2.24, 2.45) is 0 Å². The van der Waals surface area contributed by atoms with Gasteiger partial charge in [-0.15, -0.1) is 11.3 Å². The minimum absolute atomic E-state index is 0.124. The SMILES string of the molecule is Cc1cc(-c2ccc3nccc(Nc4ccc5scnc5c4)c3c2)ccc1C(=O)N1CCN(C)CC1. The number of nitrogens with one attached hydrogen (secondary N) is 1. The molecule has 0 aliphatic carbocycles. The van der Waals surface area contributed by atoms with E-state index in [0.29, 0.717) is 0 Å². The third-order valence-electron chi connectivity index (χ3n) is 6.93. The van der Waals surface area contributed by atoms with Crippen molar-refractivity contribution in [1.82, 2.24) is 19.8 Å². The number of carbonyl (C=O) groups excluding carboxylic acids is 1. The van der Waals surface area contributed by atoms with Crippen LogP contribution in [0, 0.1) is 6.92 Å². The van der Waals surface area contributed by atoms with E-state index in [1.807, 2.05) is 35.7 Å². The van der Waals surface area contributed by atoms with Crippen molar-refractivity contribution in [3.05, 3.63) is 83.5 Å². The van der Waals surface area contributed by atoms with Gasteiger partial charge in [-0.25, -0.2) is 4.98 Å². The lowest BCUT2D eigenvalue weighted by molar-refractivity contribution is 0.0663. The summed E-state index contributed by atoms with van der Waals surface area (Å²) in [6.45, 7) is 5.42. The third-order valence-corrected chi connectivity index (χ3v) is 7.74. The number of pyridine rings is 1. The van der Waals surface area contributed by atoms with E-state index < -0.39 is 0 Å². The number of likely N-dealkylation sites (N-methyl/N-ethyl adjacent to an activating group) is 1. The molecule has 3 heterocycles. The molecule has 3 aromatic carbocycles. The standard InChI is InChI=1S/C29H27N5OS/c1-19-15-20(3-6-23(19)29(35)34-13-11-33(2)12-14-34)21-4-7-25-24(16-21)26(9-10-30-25)32-22-5-8-28-27(17-22)31-18-36-28/h3-10,15-18H,11-14H2,1-2H3,(H,30,32). The fourth-order valence-corrected chi connectivity index (χ4v) is 5.45. The molecule has 0 bridgehead atoms. The van der Waals surface area contributed by atoms with Gasteiger partial charge in [0.05, 0.1) is 21.2 Å². The normalized spacial score (nSPS) is 14.4. The maximum Gasteiger partial charge on any atom is 0.254 e. The zero-order valence-corrected chi connectivity index (χ0v) is 21.2. The molecule has 7 heteroatoms. The minimum atomic E-state index is 0.124. The first-order valence-corrected chi connectivity index (χ1v) is 13.0. The van der Waals surface area contributed by atoms with Gasteiger partial charge in [-0.1, -0.05) is 18.2 Å². The number of rotatable bonds is 4. The van der Waals surface area contributed by atoms with Crippen LogP contribution in [0.15, 0.2) is 72.4 Å². The number of aromatic nitrogens is 2. The molecule has 1 saturated heterocycles. The summed E-state index contributed by atoms with van der Waals surface area (Å²) < 4.78 is 1.17. The van der Waals surface area contributed by atoms with Crippen LogP contribution in [0.1, 0.15) is 15.9 Å². The van der Waals surface area contributed by atoms with Gasteiger partial charge in [0.25, 0.3) is 5.91 Å². The highest BCUT2D eigenvalue weighted by Crippen LogP contribution is 2.32. The van der Waals surface area contributed by atoms with Crippen molar-refractivity contribution >= 4 is 49.7 Å². The Labute approximate surface area is 214 Å². The van der Waals surface area contributed by atoms with Gasteiger partial charge >= 0.3 is 0 Å². The molecule has 1 N–H and O–H groups in total. The highest BCUT2D eigenvalue weighted by atomic mass is 32.1. The molecule has 2 aromatic heterocycles. The monoisotopic (exact) mass is 493 g/mol. The summed E-state index contributed by atoms with van der Waals surface area (Å²) in [5.74, 6) is 0.124. The van der Waals surface area contributed by atoms with Crippen LogP contribution >= 0.6 is 11.3 Å². The van der Waals surface area contributed by atoms with Gasteiger partial charge in [0.15, 0.2) is 0 Å². The Morgan fingerprint density at radius 1 is 0.889 bits per heavy atom. The minimum Gasteiger partial charge on any atom is -0.355 e. The van der Waals surface area contributed by atoms with Gasteiger partial charge in [-0.2, -0.15) is 0 Å². The van der Waals surface area contributed by atoms with E-state index in [2.05, 4.69) is 75.8 Å². The molecule has 0 radical (unpaired) electrons. The lowest BCUT2D eigenvalue weighted by atomic mass is 9.97. The molecule has 1 amide bonds. The van der Waals surface area contributed by atoms with Crippen molar-refractivity contribution in [1.29, 1.82) is 0 Å². The van der Waals surface area contributed by atoms with E-state index >= 15 is 0 Å². The topological polar surface area (TPSA) is 61.4 Å². The highest BCUT2D eigenvalue weighted by Gasteiger charge is 2.21.